The van der Waals surface area contributed by atoms with E-state index < -0.39 is 0 Å². The molecule has 2 N–H and O–H groups in total. The maximum Gasteiger partial charge on any atom is 0.242 e. The fourth-order valence-corrected chi connectivity index (χ4v) is 3.05. The highest BCUT2D eigenvalue weighted by Gasteiger charge is 2.22. The number of nitrogens with two attached hydrogens (primary N) is 1. The summed E-state index contributed by atoms with van der Waals surface area (Å²) in [5.41, 5.74) is 7.68. The summed E-state index contributed by atoms with van der Waals surface area (Å²) in [6.07, 6.45) is 0. The fraction of sp³-hybridized carbons (Fsp3) is 0.500. The Kier molecular flexibility index (Phi) is 4.24. The van der Waals surface area contributed by atoms with Crippen LogP contribution in [0.2, 0.25) is 0 Å². The normalized spacial score (nSPS) is 14.4. The molecular weight excluding hydrogens is 258 g/mol. The number of benzene rings is 1. The molecule has 1 amide bonds. The van der Waals surface area contributed by atoms with E-state index in [9.17, 15) is 4.79 Å². The second-order valence-electron chi connectivity index (χ2n) is 5.10. The van der Waals surface area contributed by atoms with Crippen LogP contribution < -0.4 is 10.6 Å². The lowest BCUT2D eigenvalue weighted by molar-refractivity contribution is -0.129. The molecule has 0 fully saturated rings. The zero-order valence-electron chi connectivity index (χ0n) is 11.7. The molecule has 2 rings (SSSR count). The summed E-state index contributed by atoms with van der Waals surface area (Å²) in [6, 6.07) is 6.15. The molecule has 0 radical (unpaired) electrons. The van der Waals surface area contributed by atoms with Gasteiger partial charge in [-0.2, -0.15) is 0 Å². The zero-order chi connectivity index (χ0) is 14.0. The van der Waals surface area contributed by atoms with Crippen molar-refractivity contribution >= 4 is 29.0 Å². The topological polar surface area (TPSA) is 49.6 Å². The van der Waals surface area contributed by atoms with Crippen molar-refractivity contribution < 1.29 is 4.79 Å². The van der Waals surface area contributed by atoms with Crippen LogP contribution in [0.25, 0.3) is 0 Å². The van der Waals surface area contributed by atoms with Gasteiger partial charge in [0, 0.05) is 36.0 Å². The monoisotopic (exact) mass is 279 g/mol. The summed E-state index contributed by atoms with van der Waals surface area (Å²) >= 11 is 1.82. The van der Waals surface area contributed by atoms with Crippen molar-refractivity contribution in [1.29, 1.82) is 0 Å². The molecule has 1 aliphatic rings. The highest BCUT2D eigenvalue weighted by atomic mass is 32.2. The summed E-state index contributed by atoms with van der Waals surface area (Å²) in [7, 11) is 1.85. The van der Waals surface area contributed by atoms with Gasteiger partial charge in [0.15, 0.2) is 0 Å². The second-order valence-corrected chi connectivity index (χ2v) is 6.23. The van der Waals surface area contributed by atoms with Gasteiger partial charge in [-0.15, -0.1) is 11.8 Å². The Morgan fingerprint density at radius 1 is 1.53 bits per heavy atom. The van der Waals surface area contributed by atoms with Crippen LogP contribution in [0.1, 0.15) is 13.8 Å². The number of anilines is 2. The predicted octanol–water partition coefficient (Wildman–Crippen LogP) is 2.05. The third-order valence-electron chi connectivity index (χ3n) is 3.44. The predicted molar refractivity (Wildman–Crippen MR) is 81.7 cm³/mol. The lowest BCUT2D eigenvalue weighted by Crippen LogP contribution is -2.43. The van der Waals surface area contributed by atoms with Gasteiger partial charge >= 0.3 is 0 Å². The fourth-order valence-electron chi connectivity index (χ4n) is 2.02. The van der Waals surface area contributed by atoms with Crippen molar-refractivity contribution in [3.8, 4) is 0 Å². The molecule has 1 aliphatic heterocycles. The summed E-state index contributed by atoms with van der Waals surface area (Å²) < 4.78 is 0. The van der Waals surface area contributed by atoms with E-state index in [0.717, 1.165) is 23.7 Å². The average molecular weight is 279 g/mol. The highest BCUT2D eigenvalue weighted by molar-refractivity contribution is 7.99. The lowest BCUT2D eigenvalue weighted by Gasteiger charge is -2.32. The van der Waals surface area contributed by atoms with Gasteiger partial charge in [0.2, 0.25) is 5.91 Å². The number of carbonyl (C=O) groups is 1. The maximum atomic E-state index is 12.2. The molecule has 19 heavy (non-hydrogen) atoms. The van der Waals surface area contributed by atoms with Crippen LogP contribution in [0.5, 0.6) is 0 Å². The van der Waals surface area contributed by atoms with Crippen LogP contribution in [0.3, 0.4) is 0 Å². The third kappa shape index (κ3) is 3.15. The molecule has 5 heteroatoms. The van der Waals surface area contributed by atoms with Gasteiger partial charge in [0.25, 0.3) is 0 Å². The highest BCUT2D eigenvalue weighted by Crippen LogP contribution is 2.35. The number of carbonyl (C=O) groups excluding carboxylic acids is 1. The van der Waals surface area contributed by atoms with Gasteiger partial charge in [-0.05, 0) is 32.0 Å². The van der Waals surface area contributed by atoms with Gasteiger partial charge in [-0.3, -0.25) is 4.79 Å². The van der Waals surface area contributed by atoms with Crippen molar-refractivity contribution in [1.82, 2.24) is 4.90 Å². The quantitative estimate of drug-likeness (QED) is 0.860. The molecule has 1 heterocycles. The second kappa shape index (κ2) is 5.74. The van der Waals surface area contributed by atoms with Crippen LogP contribution in [0, 0.1) is 0 Å². The van der Waals surface area contributed by atoms with Crippen molar-refractivity contribution in [3.05, 3.63) is 18.2 Å². The van der Waals surface area contributed by atoms with Crippen LogP contribution in [-0.4, -0.2) is 42.7 Å². The number of nitrogens with zero attached hydrogens (tertiary/aromatic N) is 2. The number of hydrogen-bond acceptors (Lipinski definition) is 4. The van der Waals surface area contributed by atoms with Crippen molar-refractivity contribution in [2.45, 2.75) is 24.8 Å². The van der Waals surface area contributed by atoms with Crippen LogP contribution in [0.15, 0.2) is 23.1 Å². The van der Waals surface area contributed by atoms with E-state index in [4.69, 9.17) is 5.73 Å². The van der Waals surface area contributed by atoms with E-state index >= 15 is 0 Å². The molecule has 1 aromatic carbocycles. The minimum Gasteiger partial charge on any atom is -0.399 e. The molecule has 0 saturated carbocycles. The van der Waals surface area contributed by atoms with Gasteiger partial charge in [-0.1, -0.05) is 0 Å². The average Bonchev–Trinajstić information content (AvgIpc) is 2.38. The molecule has 0 saturated heterocycles. The first-order chi connectivity index (χ1) is 8.99. The zero-order valence-corrected chi connectivity index (χ0v) is 12.5. The first kappa shape index (κ1) is 14.1. The maximum absolute atomic E-state index is 12.2. The summed E-state index contributed by atoms with van der Waals surface area (Å²) in [5, 5.41) is 0. The van der Waals surface area contributed by atoms with Gasteiger partial charge in [0.1, 0.15) is 0 Å². The standard InChI is InChI=1S/C14H21N3OS/c1-10(2)16(3)14(18)9-17-6-7-19-13-5-4-11(15)8-12(13)17/h4-5,8,10H,6-7,9,15H2,1-3H3. The molecule has 0 spiro atoms. The molecule has 0 aliphatic carbocycles. The summed E-state index contributed by atoms with van der Waals surface area (Å²) in [4.78, 5) is 17.3. The Balaban J connectivity index is 2.15. The van der Waals surface area contributed by atoms with E-state index in [1.165, 1.54) is 4.90 Å². The van der Waals surface area contributed by atoms with Crippen molar-refractivity contribution in [2.75, 3.05) is 36.5 Å². The number of hydrogen-bond donors (Lipinski definition) is 1. The Morgan fingerprint density at radius 2 is 2.26 bits per heavy atom. The first-order valence-corrected chi connectivity index (χ1v) is 7.50. The van der Waals surface area contributed by atoms with E-state index in [-0.39, 0.29) is 11.9 Å². The molecule has 1 aromatic rings. The van der Waals surface area contributed by atoms with Gasteiger partial charge in [-0.25, -0.2) is 0 Å². The van der Waals surface area contributed by atoms with E-state index in [2.05, 4.69) is 4.90 Å². The van der Waals surface area contributed by atoms with E-state index in [1.807, 2.05) is 50.9 Å². The lowest BCUT2D eigenvalue weighted by atomic mass is 10.2. The molecular formula is C14H21N3OS. The minimum atomic E-state index is 0.148. The minimum absolute atomic E-state index is 0.148. The molecule has 4 nitrogen and oxygen atoms in total. The van der Waals surface area contributed by atoms with E-state index in [0.29, 0.717) is 6.54 Å². The first-order valence-electron chi connectivity index (χ1n) is 6.52. The Morgan fingerprint density at radius 3 is 2.95 bits per heavy atom. The molecule has 0 unspecified atom stereocenters. The van der Waals surface area contributed by atoms with Crippen LogP contribution in [-0.2, 0) is 4.79 Å². The third-order valence-corrected chi connectivity index (χ3v) is 4.48. The van der Waals surface area contributed by atoms with Crippen LogP contribution >= 0.6 is 11.8 Å². The number of thioether (sulfide) groups is 1. The smallest absolute Gasteiger partial charge is 0.242 e. The van der Waals surface area contributed by atoms with Gasteiger partial charge < -0.3 is 15.5 Å². The number of rotatable bonds is 3. The number of amides is 1. The molecule has 0 bridgehead atoms. The van der Waals surface area contributed by atoms with Crippen molar-refractivity contribution in [2.24, 2.45) is 0 Å². The van der Waals surface area contributed by atoms with Crippen molar-refractivity contribution in [3.63, 3.8) is 0 Å². The SMILES string of the molecule is CC(C)N(C)C(=O)CN1CCSc2ccc(N)cc21. The Hall–Kier alpha value is -1.36. The van der Waals surface area contributed by atoms with Crippen LogP contribution in [0.4, 0.5) is 11.4 Å². The van der Waals surface area contributed by atoms with Gasteiger partial charge in [0.05, 0.1) is 12.2 Å². The molecule has 0 atom stereocenters. The Labute approximate surface area is 118 Å². The summed E-state index contributed by atoms with van der Waals surface area (Å²) in [5.74, 6) is 1.16. The number of fused-ring (bicyclic) bond motifs is 1. The summed E-state index contributed by atoms with van der Waals surface area (Å²) in [6.45, 7) is 5.36. The Bertz CT molecular complexity index is 476. The van der Waals surface area contributed by atoms with E-state index in [1.54, 1.807) is 4.90 Å². The molecule has 104 valence electrons. The number of likely N-dealkylation sites (N-methyl/N-ethyl adjacent to an activating group) is 1. The largest absolute Gasteiger partial charge is 0.399 e. The molecule has 0 aromatic heterocycles. The number of nitrogen functional groups attached to an aromatic ring is 1.